The van der Waals surface area contributed by atoms with E-state index in [1.807, 2.05) is 48.5 Å². The van der Waals surface area contributed by atoms with Crippen molar-refractivity contribution in [2.45, 2.75) is 12.5 Å². The number of hydrogen-bond acceptors (Lipinski definition) is 3. The number of hydrogen-bond donors (Lipinski definition) is 1. The van der Waals surface area contributed by atoms with E-state index in [1.54, 1.807) is 12.1 Å². The SMILES string of the molecule is N#CCS(=O)(=O)N[C@H](Cc1ccccc1Cl)c1ccccc1. The van der Waals surface area contributed by atoms with Gasteiger partial charge in [0.05, 0.1) is 12.1 Å². The molecule has 0 aliphatic heterocycles. The molecule has 0 bridgehead atoms. The molecule has 114 valence electrons. The lowest BCUT2D eigenvalue weighted by molar-refractivity contribution is 0.558. The summed E-state index contributed by atoms with van der Waals surface area (Å²) in [5.41, 5.74) is 1.67. The van der Waals surface area contributed by atoms with Gasteiger partial charge in [0.15, 0.2) is 5.75 Å². The van der Waals surface area contributed by atoms with Gasteiger partial charge in [-0.15, -0.1) is 0 Å². The van der Waals surface area contributed by atoms with Gasteiger partial charge in [-0.05, 0) is 23.6 Å². The number of nitriles is 1. The lowest BCUT2D eigenvalue weighted by Crippen LogP contribution is -2.31. The molecular formula is C16H15ClN2O2S. The lowest BCUT2D eigenvalue weighted by Gasteiger charge is -2.19. The van der Waals surface area contributed by atoms with Crippen LogP contribution < -0.4 is 4.72 Å². The molecule has 0 spiro atoms. The molecule has 0 saturated heterocycles. The summed E-state index contributed by atoms with van der Waals surface area (Å²) >= 11 is 6.16. The molecule has 2 aromatic carbocycles. The van der Waals surface area contributed by atoms with Gasteiger partial charge < -0.3 is 0 Å². The van der Waals surface area contributed by atoms with Crippen molar-refractivity contribution < 1.29 is 8.42 Å². The lowest BCUT2D eigenvalue weighted by atomic mass is 10.00. The van der Waals surface area contributed by atoms with E-state index in [-0.39, 0.29) is 0 Å². The maximum Gasteiger partial charge on any atom is 0.225 e. The van der Waals surface area contributed by atoms with E-state index in [1.165, 1.54) is 0 Å². The average Bonchev–Trinajstić information content (AvgIpc) is 2.49. The van der Waals surface area contributed by atoms with E-state index >= 15 is 0 Å². The molecule has 0 amide bonds. The summed E-state index contributed by atoms with van der Waals surface area (Å²) in [5.74, 6) is -0.571. The van der Waals surface area contributed by atoms with Crippen molar-refractivity contribution >= 4 is 21.6 Å². The number of benzene rings is 2. The monoisotopic (exact) mass is 334 g/mol. The van der Waals surface area contributed by atoms with Crippen LogP contribution in [-0.4, -0.2) is 14.2 Å². The molecule has 2 rings (SSSR count). The molecule has 22 heavy (non-hydrogen) atoms. The van der Waals surface area contributed by atoms with Crippen molar-refractivity contribution in [1.82, 2.24) is 4.72 Å². The first kappa shape index (κ1) is 16.5. The van der Waals surface area contributed by atoms with E-state index in [0.717, 1.165) is 11.1 Å². The van der Waals surface area contributed by atoms with Crippen molar-refractivity contribution in [3.63, 3.8) is 0 Å². The van der Waals surface area contributed by atoms with Gasteiger partial charge in [-0.2, -0.15) is 5.26 Å². The van der Waals surface area contributed by atoms with Gasteiger partial charge >= 0.3 is 0 Å². The summed E-state index contributed by atoms with van der Waals surface area (Å²) in [7, 11) is -3.67. The Labute approximate surface area is 135 Å². The highest BCUT2D eigenvalue weighted by molar-refractivity contribution is 7.89. The van der Waals surface area contributed by atoms with Crippen LogP contribution in [0.4, 0.5) is 0 Å². The maximum absolute atomic E-state index is 11.9. The van der Waals surface area contributed by atoms with Crippen LogP contribution in [-0.2, 0) is 16.4 Å². The van der Waals surface area contributed by atoms with Crippen LogP contribution in [0.5, 0.6) is 0 Å². The van der Waals surface area contributed by atoms with Gasteiger partial charge in [-0.1, -0.05) is 60.1 Å². The standard InChI is InChI=1S/C16H15ClN2O2S/c17-15-9-5-4-8-14(15)12-16(13-6-2-1-3-7-13)19-22(20,21)11-10-18/h1-9,16,19H,11-12H2/t16-/m1/s1. The zero-order valence-electron chi connectivity index (χ0n) is 11.7. The van der Waals surface area contributed by atoms with Crippen LogP contribution in [0.25, 0.3) is 0 Å². The summed E-state index contributed by atoms with van der Waals surface area (Å²) < 4.78 is 26.4. The topological polar surface area (TPSA) is 70.0 Å². The Bertz CT molecular complexity index is 770. The normalized spacial score (nSPS) is 12.5. The number of halogens is 1. The Kier molecular flexibility index (Phi) is 5.56. The first-order chi connectivity index (χ1) is 10.5. The minimum Gasteiger partial charge on any atom is -0.211 e. The van der Waals surface area contributed by atoms with Gasteiger partial charge in [-0.25, -0.2) is 13.1 Å². The molecular weight excluding hydrogens is 320 g/mol. The summed E-state index contributed by atoms with van der Waals surface area (Å²) in [5, 5.41) is 9.21. The van der Waals surface area contributed by atoms with Crippen LogP contribution in [0, 0.1) is 11.3 Å². The second kappa shape index (κ2) is 7.41. The minimum atomic E-state index is -3.67. The molecule has 0 heterocycles. The molecule has 0 saturated carbocycles. The zero-order chi connectivity index (χ0) is 16.0. The van der Waals surface area contributed by atoms with E-state index in [2.05, 4.69) is 4.72 Å². The largest absolute Gasteiger partial charge is 0.225 e. The van der Waals surface area contributed by atoms with E-state index in [4.69, 9.17) is 16.9 Å². The fraction of sp³-hybridized carbons (Fsp3) is 0.188. The summed E-state index contributed by atoms with van der Waals surface area (Å²) in [4.78, 5) is 0. The first-order valence-electron chi connectivity index (χ1n) is 6.67. The minimum absolute atomic E-state index is 0.411. The van der Waals surface area contributed by atoms with Crippen molar-refractivity contribution in [2.24, 2.45) is 0 Å². The van der Waals surface area contributed by atoms with E-state index < -0.39 is 21.8 Å². The van der Waals surface area contributed by atoms with Crippen LogP contribution in [0.2, 0.25) is 5.02 Å². The Morgan fingerprint density at radius 3 is 2.36 bits per heavy atom. The van der Waals surface area contributed by atoms with Gasteiger partial charge in [0.25, 0.3) is 0 Å². The van der Waals surface area contributed by atoms with Crippen LogP contribution in [0.15, 0.2) is 54.6 Å². The Hall–Kier alpha value is -1.87. The molecule has 0 fully saturated rings. The van der Waals surface area contributed by atoms with Crippen molar-refractivity contribution in [3.05, 3.63) is 70.7 Å². The van der Waals surface area contributed by atoms with E-state index in [9.17, 15) is 8.42 Å². The van der Waals surface area contributed by atoms with Gasteiger partial charge in [0.1, 0.15) is 0 Å². The summed E-state index contributed by atoms with van der Waals surface area (Å²) in [6.07, 6.45) is 0.411. The van der Waals surface area contributed by atoms with Crippen molar-refractivity contribution in [1.29, 1.82) is 5.26 Å². The maximum atomic E-state index is 11.9. The van der Waals surface area contributed by atoms with E-state index in [0.29, 0.717) is 11.4 Å². The first-order valence-corrected chi connectivity index (χ1v) is 8.70. The molecule has 0 aromatic heterocycles. The van der Waals surface area contributed by atoms with Gasteiger partial charge in [-0.3, -0.25) is 0 Å². The Balaban J connectivity index is 2.31. The van der Waals surface area contributed by atoms with Crippen LogP contribution in [0.3, 0.4) is 0 Å². The quantitative estimate of drug-likeness (QED) is 0.882. The predicted molar refractivity (Wildman–Crippen MR) is 86.9 cm³/mol. The van der Waals surface area contributed by atoms with Crippen LogP contribution >= 0.6 is 11.6 Å². The number of nitrogens with zero attached hydrogens (tertiary/aromatic N) is 1. The molecule has 4 nitrogen and oxygen atoms in total. The fourth-order valence-corrected chi connectivity index (χ4v) is 3.26. The van der Waals surface area contributed by atoms with Crippen molar-refractivity contribution in [2.75, 3.05) is 5.75 Å². The highest BCUT2D eigenvalue weighted by atomic mass is 35.5. The molecule has 0 aliphatic rings. The molecule has 0 radical (unpaired) electrons. The second-order valence-corrected chi connectivity index (χ2v) is 6.95. The highest BCUT2D eigenvalue weighted by Crippen LogP contribution is 2.24. The molecule has 6 heteroatoms. The molecule has 0 aliphatic carbocycles. The average molecular weight is 335 g/mol. The predicted octanol–water partition coefficient (Wildman–Crippen LogP) is 3.07. The van der Waals surface area contributed by atoms with Gasteiger partial charge in [0.2, 0.25) is 10.0 Å². The molecule has 1 N–H and O–H groups in total. The summed E-state index contributed by atoms with van der Waals surface area (Å²) in [6, 6.07) is 17.7. The third-order valence-electron chi connectivity index (χ3n) is 3.16. The smallest absolute Gasteiger partial charge is 0.211 e. The third-order valence-corrected chi connectivity index (χ3v) is 4.68. The van der Waals surface area contributed by atoms with Crippen LogP contribution in [0.1, 0.15) is 17.2 Å². The number of sulfonamides is 1. The Morgan fingerprint density at radius 1 is 1.09 bits per heavy atom. The fourth-order valence-electron chi connectivity index (χ4n) is 2.14. The Morgan fingerprint density at radius 2 is 1.73 bits per heavy atom. The third kappa shape index (κ3) is 4.57. The molecule has 0 unspecified atom stereocenters. The molecule has 2 aromatic rings. The zero-order valence-corrected chi connectivity index (χ0v) is 13.3. The molecule has 1 atom stereocenters. The number of nitrogens with one attached hydrogen (secondary N) is 1. The second-order valence-electron chi connectivity index (χ2n) is 4.79. The van der Waals surface area contributed by atoms with Gasteiger partial charge in [0, 0.05) is 5.02 Å². The summed E-state index contributed by atoms with van der Waals surface area (Å²) in [6.45, 7) is 0. The highest BCUT2D eigenvalue weighted by Gasteiger charge is 2.20. The number of rotatable bonds is 6. The van der Waals surface area contributed by atoms with Crippen molar-refractivity contribution in [3.8, 4) is 6.07 Å².